The van der Waals surface area contributed by atoms with Crippen LogP contribution in [0, 0.1) is 24.7 Å². The Morgan fingerprint density at radius 3 is 1.93 bits per heavy atom. The second kappa shape index (κ2) is 10.5. The number of unbranched alkanes of at least 4 members (excludes halogenated alkanes) is 4. The molecule has 0 radical (unpaired) electrons. The first kappa shape index (κ1) is 24.4. The molecule has 0 aromatic heterocycles. The normalized spacial score (nSPS) is 15.2. The molecular formula is C26H40O4. The Hall–Kier alpha value is -1.84. The second-order valence-electron chi connectivity index (χ2n) is 10.1. The van der Waals surface area contributed by atoms with Crippen molar-refractivity contribution >= 4 is 11.9 Å². The zero-order chi connectivity index (χ0) is 22.4. The van der Waals surface area contributed by atoms with Crippen LogP contribution in [0.3, 0.4) is 0 Å². The lowest BCUT2D eigenvalue weighted by molar-refractivity contribution is -0.147. The number of carboxylic acid groups (broad SMARTS) is 2. The number of benzene rings is 1. The quantitative estimate of drug-likeness (QED) is 0.340. The Morgan fingerprint density at radius 2 is 1.43 bits per heavy atom. The standard InChI is InChI=1S/C26H40O4/c1-19-17-21(11-7-5-6-9-13-25(3,4)23(27)28)20(2)22(18-19)12-8-10-14-26(15-16-26)24(29)30/h17-18H,5-16H2,1-4H3,(H,27,28)(H,29,30). The van der Waals surface area contributed by atoms with E-state index >= 15 is 0 Å². The smallest absolute Gasteiger partial charge is 0.309 e. The number of aliphatic carboxylic acids is 2. The fourth-order valence-corrected chi connectivity index (χ4v) is 4.38. The fraction of sp³-hybridized carbons (Fsp3) is 0.692. The molecule has 1 aromatic carbocycles. The number of carbonyl (C=O) groups is 2. The third-order valence-corrected chi connectivity index (χ3v) is 7.00. The third kappa shape index (κ3) is 6.85. The van der Waals surface area contributed by atoms with Crippen molar-refractivity contribution in [3.8, 4) is 0 Å². The van der Waals surface area contributed by atoms with Gasteiger partial charge in [0.15, 0.2) is 0 Å². The zero-order valence-corrected chi connectivity index (χ0v) is 19.4. The largest absolute Gasteiger partial charge is 0.481 e. The van der Waals surface area contributed by atoms with Crippen molar-refractivity contribution < 1.29 is 19.8 Å². The monoisotopic (exact) mass is 416 g/mol. The van der Waals surface area contributed by atoms with Crippen molar-refractivity contribution in [2.45, 2.75) is 105 Å². The van der Waals surface area contributed by atoms with E-state index in [-0.39, 0.29) is 0 Å². The highest BCUT2D eigenvalue weighted by Crippen LogP contribution is 2.50. The average Bonchev–Trinajstić information content (AvgIpc) is 3.46. The summed E-state index contributed by atoms with van der Waals surface area (Å²) in [5.41, 5.74) is 4.52. The van der Waals surface area contributed by atoms with Crippen molar-refractivity contribution in [1.82, 2.24) is 0 Å². The number of aryl methyl sites for hydroxylation is 3. The Bertz CT molecular complexity index is 744. The van der Waals surface area contributed by atoms with E-state index in [9.17, 15) is 19.8 Å². The van der Waals surface area contributed by atoms with Gasteiger partial charge in [0.2, 0.25) is 0 Å². The number of rotatable bonds is 14. The summed E-state index contributed by atoms with van der Waals surface area (Å²) in [6.45, 7) is 7.99. The van der Waals surface area contributed by atoms with Crippen molar-refractivity contribution in [1.29, 1.82) is 0 Å². The molecule has 0 aliphatic heterocycles. The first-order valence-electron chi connectivity index (χ1n) is 11.6. The molecule has 2 rings (SSSR count). The van der Waals surface area contributed by atoms with E-state index in [0.717, 1.165) is 77.0 Å². The van der Waals surface area contributed by atoms with Crippen LogP contribution >= 0.6 is 0 Å². The summed E-state index contributed by atoms with van der Waals surface area (Å²) in [6.07, 6.45) is 11.7. The van der Waals surface area contributed by atoms with Gasteiger partial charge in [-0.2, -0.15) is 0 Å². The molecule has 0 bridgehead atoms. The van der Waals surface area contributed by atoms with Gasteiger partial charge in [-0.25, -0.2) is 0 Å². The van der Waals surface area contributed by atoms with Gasteiger partial charge in [-0.1, -0.05) is 43.4 Å². The van der Waals surface area contributed by atoms with Crippen LogP contribution in [-0.2, 0) is 22.4 Å². The molecule has 0 saturated heterocycles. The first-order valence-corrected chi connectivity index (χ1v) is 11.6. The van der Waals surface area contributed by atoms with Crippen LogP contribution in [-0.4, -0.2) is 22.2 Å². The van der Waals surface area contributed by atoms with Crippen molar-refractivity contribution in [3.63, 3.8) is 0 Å². The lowest BCUT2D eigenvalue weighted by Crippen LogP contribution is -2.23. The maximum atomic E-state index is 11.3. The summed E-state index contributed by atoms with van der Waals surface area (Å²) in [5, 5.41) is 18.5. The summed E-state index contributed by atoms with van der Waals surface area (Å²) in [5.74, 6) is -1.32. The van der Waals surface area contributed by atoms with Gasteiger partial charge in [0.25, 0.3) is 0 Å². The van der Waals surface area contributed by atoms with Crippen molar-refractivity contribution in [2.75, 3.05) is 0 Å². The molecule has 4 nitrogen and oxygen atoms in total. The lowest BCUT2D eigenvalue weighted by atomic mass is 9.87. The maximum Gasteiger partial charge on any atom is 0.309 e. The van der Waals surface area contributed by atoms with Crippen LogP contribution in [0.15, 0.2) is 12.1 Å². The van der Waals surface area contributed by atoms with Gasteiger partial charge in [0.1, 0.15) is 0 Å². The molecule has 168 valence electrons. The molecule has 1 aromatic rings. The van der Waals surface area contributed by atoms with Gasteiger partial charge >= 0.3 is 11.9 Å². The van der Waals surface area contributed by atoms with E-state index < -0.39 is 22.8 Å². The number of hydrogen-bond acceptors (Lipinski definition) is 2. The molecule has 0 amide bonds. The SMILES string of the molecule is Cc1cc(CCCCCCC(C)(C)C(=O)O)c(C)c(CCCCC2(C(=O)O)CC2)c1. The van der Waals surface area contributed by atoms with Crippen LogP contribution in [0.5, 0.6) is 0 Å². The summed E-state index contributed by atoms with van der Waals surface area (Å²) < 4.78 is 0. The highest BCUT2D eigenvalue weighted by atomic mass is 16.4. The molecule has 0 heterocycles. The minimum Gasteiger partial charge on any atom is -0.481 e. The molecule has 1 aliphatic rings. The van der Waals surface area contributed by atoms with E-state index in [0.29, 0.717) is 0 Å². The van der Waals surface area contributed by atoms with E-state index in [1.54, 1.807) is 13.8 Å². The van der Waals surface area contributed by atoms with Gasteiger partial charge in [-0.3, -0.25) is 9.59 Å². The van der Waals surface area contributed by atoms with Crippen LogP contribution < -0.4 is 0 Å². The summed E-state index contributed by atoms with van der Waals surface area (Å²) in [7, 11) is 0. The van der Waals surface area contributed by atoms with E-state index in [1.165, 1.54) is 22.3 Å². The Labute approximate surface area is 182 Å². The maximum absolute atomic E-state index is 11.3. The highest BCUT2D eigenvalue weighted by Gasteiger charge is 2.49. The van der Waals surface area contributed by atoms with Crippen LogP contribution in [0.25, 0.3) is 0 Å². The van der Waals surface area contributed by atoms with Crippen LogP contribution in [0.4, 0.5) is 0 Å². The molecule has 2 N–H and O–H groups in total. The van der Waals surface area contributed by atoms with Crippen LogP contribution in [0.1, 0.15) is 100 Å². The number of hydrogen-bond donors (Lipinski definition) is 2. The predicted octanol–water partition coefficient (Wildman–Crippen LogP) is 6.48. The Balaban J connectivity index is 1.75. The highest BCUT2D eigenvalue weighted by molar-refractivity contribution is 5.77. The Morgan fingerprint density at radius 1 is 0.900 bits per heavy atom. The van der Waals surface area contributed by atoms with Gasteiger partial charge in [-0.05, 0) is 95.8 Å². The molecule has 1 aliphatic carbocycles. The fourth-order valence-electron chi connectivity index (χ4n) is 4.38. The Kier molecular flexibility index (Phi) is 8.52. The summed E-state index contributed by atoms with van der Waals surface area (Å²) in [6, 6.07) is 4.59. The minimum atomic E-state index is -0.708. The molecule has 4 heteroatoms. The minimum absolute atomic E-state index is 0.396. The molecule has 0 atom stereocenters. The van der Waals surface area contributed by atoms with Gasteiger partial charge in [-0.15, -0.1) is 0 Å². The second-order valence-corrected chi connectivity index (χ2v) is 10.1. The molecule has 1 fully saturated rings. The predicted molar refractivity (Wildman–Crippen MR) is 121 cm³/mol. The summed E-state index contributed by atoms with van der Waals surface area (Å²) in [4.78, 5) is 22.5. The van der Waals surface area contributed by atoms with Gasteiger partial charge in [0, 0.05) is 0 Å². The first-order chi connectivity index (χ1) is 14.1. The number of carboxylic acids is 2. The average molecular weight is 417 g/mol. The summed E-state index contributed by atoms with van der Waals surface area (Å²) >= 11 is 0. The molecule has 0 unspecified atom stereocenters. The van der Waals surface area contributed by atoms with E-state index in [1.807, 2.05) is 0 Å². The van der Waals surface area contributed by atoms with E-state index in [4.69, 9.17) is 0 Å². The molecular weight excluding hydrogens is 376 g/mol. The molecule has 0 spiro atoms. The third-order valence-electron chi connectivity index (χ3n) is 7.00. The molecule has 30 heavy (non-hydrogen) atoms. The van der Waals surface area contributed by atoms with Crippen molar-refractivity contribution in [3.05, 3.63) is 34.4 Å². The topological polar surface area (TPSA) is 74.6 Å². The molecule has 1 saturated carbocycles. The van der Waals surface area contributed by atoms with E-state index in [2.05, 4.69) is 26.0 Å². The van der Waals surface area contributed by atoms with Gasteiger partial charge in [0.05, 0.1) is 10.8 Å². The zero-order valence-electron chi connectivity index (χ0n) is 19.4. The lowest BCUT2D eigenvalue weighted by Gasteiger charge is -2.18. The van der Waals surface area contributed by atoms with Crippen molar-refractivity contribution in [2.24, 2.45) is 10.8 Å². The van der Waals surface area contributed by atoms with Gasteiger partial charge < -0.3 is 10.2 Å². The van der Waals surface area contributed by atoms with Crippen LogP contribution in [0.2, 0.25) is 0 Å².